The lowest BCUT2D eigenvalue weighted by Crippen LogP contribution is -2.29. The van der Waals surface area contributed by atoms with E-state index < -0.39 is 0 Å². The lowest BCUT2D eigenvalue weighted by atomic mass is 9.91. The summed E-state index contributed by atoms with van der Waals surface area (Å²) in [5, 5.41) is 3.48. The molecular weight excluding hydrogens is 1060 g/mol. The van der Waals surface area contributed by atoms with Crippen LogP contribution in [0.2, 0.25) is 0 Å². The van der Waals surface area contributed by atoms with Crippen LogP contribution in [0.5, 0.6) is 0 Å². The maximum Gasteiger partial charge on any atom is 0.0647 e. The summed E-state index contributed by atoms with van der Waals surface area (Å²) in [5.41, 5.74) is 2.45. The number of allylic oxidation sites excluding steroid dienone is 10. The Labute approximate surface area is 543 Å². The van der Waals surface area contributed by atoms with Crippen molar-refractivity contribution in [3.8, 4) is 0 Å². The van der Waals surface area contributed by atoms with Crippen LogP contribution in [0.1, 0.15) is 285 Å². The van der Waals surface area contributed by atoms with Crippen molar-refractivity contribution in [2.45, 2.75) is 285 Å². The largest absolute Gasteiger partial charge is 0.381 e. The monoisotopic (exact) mass is 1220 g/mol. The quantitative estimate of drug-likeness (QED) is 0.0498. The van der Waals surface area contributed by atoms with Gasteiger partial charge < -0.3 is 24.4 Å². The van der Waals surface area contributed by atoms with Crippen LogP contribution in [0, 0.1) is 68.0 Å². The molecule has 0 spiro atoms. The first-order valence-electron chi connectivity index (χ1n) is 34.6. The first-order chi connectivity index (χ1) is 38.9. The van der Waals surface area contributed by atoms with Crippen LogP contribution in [0.25, 0.3) is 0 Å². The Morgan fingerprint density at radius 3 is 1.20 bits per heavy atom. The number of rotatable bonds is 36. The molecule has 5 nitrogen and oxygen atoms in total. The topological polar surface area (TPSA) is 43.0 Å². The molecule has 0 aliphatic rings. The van der Waals surface area contributed by atoms with Crippen molar-refractivity contribution in [1.29, 1.82) is 0 Å². The maximum atomic E-state index is 5.57. The lowest BCUT2D eigenvalue weighted by Gasteiger charge is -2.26. The first-order valence-corrected chi connectivity index (χ1v) is 35.7. The molecule has 0 aromatic rings. The molecule has 0 bridgehead atoms. The van der Waals surface area contributed by atoms with E-state index in [1.54, 1.807) is 0 Å². The Balaban J connectivity index is -0.000000220. The first kappa shape index (κ1) is 94.7. The Hall–Kier alpha value is -1.41. The van der Waals surface area contributed by atoms with Crippen molar-refractivity contribution >= 4 is 11.8 Å². The molecule has 0 heterocycles. The molecule has 0 unspecified atom stereocenters. The Bertz CT molecular complexity index is 1320. The molecule has 0 atom stereocenters. The number of hydrogen-bond acceptors (Lipinski definition) is 6. The summed E-state index contributed by atoms with van der Waals surface area (Å²) in [6, 6.07) is 0. The molecule has 510 valence electrons. The Morgan fingerprint density at radius 2 is 0.788 bits per heavy atom. The van der Waals surface area contributed by atoms with E-state index in [0.29, 0.717) is 68.0 Å². The zero-order valence-corrected chi connectivity index (χ0v) is 64.8. The van der Waals surface area contributed by atoms with E-state index in [4.69, 9.17) is 14.2 Å². The van der Waals surface area contributed by atoms with Gasteiger partial charge in [-0.1, -0.05) is 281 Å². The van der Waals surface area contributed by atoms with Gasteiger partial charge in [-0.25, -0.2) is 0 Å². The number of unbranched alkanes of at least 4 members (excludes halogenated alkanes) is 4. The maximum absolute atomic E-state index is 5.57. The van der Waals surface area contributed by atoms with E-state index in [1.807, 2.05) is 0 Å². The minimum Gasteiger partial charge on any atom is -0.381 e. The summed E-state index contributed by atoms with van der Waals surface area (Å²) >= 11 is 2.09. The SMILES string of the molecule is CC(C)C=CCCCN(C)CC(C)(C)C.CC(C)C=CCCCNCC(C)(C)C.CC(C)C=CCCCOCC(C)(C)C.CC(C)C=CCCCSCC(C)(C)C.CC(C)C=CCCOCCC(C)(C)C.CC(C)C=CCOCCCC(C)(C)C. The highest BCUT2D eigenvalue weighted by molar-refractivity contribution is 7.99. The van der Waals surface area contributed by atoms with Crippen LogP contribution >= 0.6 is 11.8 Å². The zero-order valence-electron chi connectivity index (χ0n) is 63.9. The second-order valence-corrected chi connectivity index (χ2v) is 34.4. The van der Waals surface area contributed by atoms with Gasteiger partial charge in [0.1, 0.15) is 0 Å². The highest BCUT2D eigenvalue weighted by atomic mass is 32.2. The normalized spacial score (nSPS) is 13.1. The molecule has 0 rings (SSSR count). The summed E-state index contributed by atoms with van der Waals surface area (Å²) < 4.78 is 16.6. The van der Waals surface area contributed by atoms with Gasteiger partial charge in [0.15, 0.2) is 0 Å². The van der Waals surface area contributed by atoms with Crippen LogP contribution in [0.3, 0.4) is 0 Å². The van der Waals surface area contributed by atoms with E-state index in [9.17, 15) is 0 Å². The smallest absolute Gasteiger partial charge is 0.0647 e. The van der Waals surface area contributed by atoms with E-state index in [-0.39, 0.29) is 0 Å². The Morgan fingerprint density at radius 1 is 0.376 bits per heavy atom. The van der Waals surface area contributed by atoms with Crippen molar-refractivity contribution < 1.29 is 14.2 Å². The third-order valence-corrected chi connectivity index (χ3v) is 13.1. The van der Waals surface area contributed by atoms with Gasteiger partial charge in [0.25, 0.3) is 0 Å². The van der Waals surface area contributed by atoms with Gasteiger partial charge in [0.05, 0.1) is 19.8 Å². The fraction of sp³-hybridized carbons (Fsp3) is 0.848. The number of hydrogen-bond donors (Lipinski definition) is 1. The summed E-state index contributed by atoms with van der Waals surface area (Å²) in [6.45, 7) is 77.0. The molecule has 0 radical (unpaired) electrons. The molecule has 0 aliphatic heterocycles. The number of nitrogens with zero attached hydrogens (tertiary/aromatic N) is 1. The molecule has 85 heavy (non-hydrogen) atoms. The molecule has 0 fully saturated rings. The minimum atomic E-state index is 0.299. The van der Waals surface area contributed by atoms with Crippen LogP contribution in [0.4, 0.5) is 0 Å². The van der Waals surface area contributed by atoms with Gasteiger partial charge in [0, 0.05) is 26.4 Å². The summed E-state index contributed by atoms with van der Waals surface area (Å²) in [5.74, 6) is 6.64. The van der Waals surface area contributed by atoms with Gasteiger partial charge in [-0.2, -0.15) is 11.8 Å². The van der Waals surface area contributed by atoms with Crippen LogP contribution in [0.15, 0.2) is 72.9 Å². The van der Waals surface area contributed by atoms with E-state index >= 15 is 0 Å². The predicted octanol–water partition coefficient (Wildman–Crippen LogP) is 24.5. The lowest BCUT2D eigenvalue weighted by molar-refractivity contribution is 0.0701. The molecule has 0 saturated carbocycles. The third-order valence-electron chi connectivity index (χ3n) is 11.4. The number of nitrogens with one attached hydrogen (secondary N) is 1. The highest BCUT2D eigenvalue weighted by Gasteiger charge is 2.14. The molecule has 0 aromatic heterocycles. The van der Waals surface area contributed by atoms with Gasteiger partial charge in [-0.05, 0) is 183 Å². The average molecular weight is 1220 g/mol. The standard InChI is InChI=1S/C14H29N.C13H27N.3C13H26O.C13H26S/c1-13(2)10-8-7-9-11-15(6)12-14(3,4)5;1-12(2)9-7-6-8-10-14-11-13(3,4)5;1-12(2)8-6-10-14-11-7-9-13(3,4)5;1-12(2)8-6-7-10-14-11-9-13(3,4)5;2*1-12(2)9-7-6-8-10-14-11-13(3,4)5/h8,10,13H,7,9,11-12H2,1-6H3;7,9,12,14H,6,8,10-11H2,1-5H3;2*6,8,12H,7,9-11H2,1-5H3;2*7,9,12H,6,8,10-11H2,1-5H3. The molecule has 0 aliphatic carbocycles. The average Bonchev–Trinajstić information content (AvgIpc) is 3.31. The Kier molecular flexibility index (Phi) is 65.7. The zero-order chi connectivity index (χ0) is 67.0. The second kappa shape index (κ2) is 58.9. The molecule has 0 aromatic carbocycles. The fourth-order valence-electron chi connectivity index (χ4n) is 7.20. The molecular formula is C79H160N2O3S. The molecule has 6 heteroatoms. The summed E-state index contributed by atoms with van der Waals surface area (Å²) in [7, 11) is 2.22. The van der Waals surface area contributed by atoms with Gasteiger partial charge in [-0.3, -0.25) is 0 Å². The van der Waals surface area contributed by atoms with E-state index in [0.717, 1.165) is 78.4 Å². The number of thioether (sulfide) groups is 1. The minimum absolute atomic E-state index is 0.299. The van der Waals surface area contributed by atoms with E-state index in [1.165, 1.54) is 76.0 Å². The van der Waals surface area contributed by atoms with Crippen molar-refractivity contribution in [3.63, 3.8) is 0 Å². The summed E-state index contributed by atoms with van der Waals surface area (Å²) in [4.78, 5) is 2.43. The van der Waals surface area contributed by atoms with Crippen LogP contribution < -0.4 is 5.32 Å². The van der Waals surface area contributed by atoms with Gasteiger partial charge >= 0.3 is 0 Å². The van der Waals surface area contributed by atoms with Crippen molar-refractivity contribution in [2.75, 3.05) is 84.4 Å². The predicted molar refractivity (Wildman–Crippen MR) is 396 cm³/mol. The van der Waals surface area contributed by atoms with Crippen molar-refractivity contribution in [3.05, 3.63) is 72.9 Å². The third kappa shape index (κ3) is 121. The van der Waals surface area contributed by atoms with Crippen LogP contribution in [-0.2, 0) is 14.2 Å². The van der Waals surface area contributed by atoms with Crippen molar-refractivity contribution in [2.24, 2.45) is 68.0 Å². The van der Waals surface area contributed by atoms with Gasteiger partial charge in [-0.15, -0.1) is 0 Å². The highest BCUT2D eigenvalue weighted by Crippen LogP contribution is 2.22. The molecule has 0 saturated heterocycles. The van der Waals surface area contributed by atoms with E-state index in [2.05, 4.69) is 310 Å². The van der Waals surface area contributed by atoms with Crippen molar-refractivity contribution in [1.82, 2.24) is 10.2 Å². The fourth-order valence-corrected chi connectivity index (χ4v) is 8.32. The molecule has 1 N–H and O–H groups in total. The van der Waals surface area contributed by atoms with Crippen LogP contribution in [-0.4, -0.2) is 89.3 Å². The molecule has 0 amide bonds. The number of ether oxygens (including phenoxy) is 3. The van der Waals surface area contributed by atoms with Gasteiger partial charge in [0.2, 0.25) is 0 Å². The second-order valence-electron chi connectivity index (χ2n) is 33.3. The summed E-state index contributed by atoms with van der Waals surface area (Å²) in [6.07, 6.45) is 41.4.